The second-order valence-corrected chi connectivity index (χ2v) is 12.0. The van der Waals surface area contributed by atoms with Crippen LogP contribution in [0.5, 0.6) is 0 Å². The molecule has 0 atom stereocenters. The van der Waals surface area contributed by atoms with Crippen molar-refractivity contribution in [2.45, 2.75) is 48.9 Å². The van der Waals surface area contributed by atoms with Gasteiger partial charge in [-0.1, -0.05) is 0 Å². The third-order valence-corrected chi connectivity index (χ3v) is 9.67. The minimum absolute atomic E-state index is 0.242. The molecule has 1 amide bonds. The average Bonchev–Trinajstić information content (AvgIpc) is 3.48. The zero-order valence-electron chi connectivity index (χ0n) is 17.9. The maximum Gasteiger partial charge on any atom is 0.245 e. The van der Waals surface area contributed by atoms with Gasteiger partial charge in [0, 0.05) is 44.8 Å². The molecule has 0 saturated carbocycles. The van der Waals surface area contributed by atoms with Gasteiger partial charge in [0.1, 0.15) is 22.2 Å². The van der Waals surface area contributed by atoms with E-state index in [2.05, 4.69) is 10.3 Å². The molecule has 2 aromatic heterocycles. The quantitative estimate of drug-likeness (QED) is 0.638. The Balaban J connectivity index is 1.66. The standard InChI is InChI=1S/C20H27N5O5S2/c1-16-6-7-21-19(12-16)22-20(26)15-23-13-17(31(27,28)24-8-2-3-9-24)18(14-23)32(29,30)25-10-4-5-11-25/h6-7,12-14H,2-5,8-11,15H2,1H3,(H,21,22,26). The summed E-state index contributed by atoms with van der Waals surface area (Å²) in [5, 5.41) is 2.66. The SMILES string of the molecule is Cc1ccnc(NC(=O)Cn2cc(S(=O)(=O)N3CCCC3)c(S(=O)(=O)N3CCCC3)c2)c1. The highest BCUT2D eigenvalue weighted by Crippen LogP contribution is 2.31. The summed E-state index contributed by atoms with van der Waals surface area (Å²) in [6.07, 6.45) is 7.02. The average molecular weight is 482 g/mol. The van der Waals surface area contributed by atoms with Gasteiger partial charge < -0.3 is 9.88 Å². The van der Waals surface area contributed by atoms with Crippen molar-refractivity contribution in [3.8, 4) is 0 Å². The molecule has 32 heavy (non-hydrogen) atoms. The van der Waals surface area contributed by atoms with Crippen LogP contribution in [0.1, 0.15) is 31.2 Å². The van der Waals surface area contributed by atoms with Gasteiger partial charge in [-0.3, -0.25) is 4.79 Å². The van der Waals surface area contributed by atoms with E-state index < -0.39 is 26.0 Å². The van der Waals surface area contributed by atoms with Crippen LogP contribution >= 0.6 is 0 Å². The van der Waals surface area contributed by atoms with Gasteiger partial charge in [0.2, 0.25) is 26.0 Å². The first-order valence-electron chi connectivity index (χ1n) is 10.6. The van der Waals surface area contributed by atoms with Crippen molar-refractivity contribution in [2.24, 2.45) is 0 Å². The smallest absolute Gasteiger partial charge is 0.245 e. The number of aromatic nitrogens is 2. The van der Waals surface area contributed by atoms with Crippen molar-refractivity contribution >= 4 is 31.8 Å². The van der Waals surface area contributed by atoms with Gasteiger partial charge in [-0.2, -0.15) is 8.61 Å². The van der Waals surface area contributed by atoms with Gasteiger partial charge in [-0.05, 0) is 50.3 Å². The number of sulfonamides is 2. The Hall–Kier alpha value is -2.28. The lowest BCUT2D eigenvalue weighted by Crippen LogP contribution is -2.32. The van der Waals surface area contributed by atoms with Crippen molar-refractivity contribution in [3.63, 3.8) is 0 Å². The van der Waals surface area contributed by atoms with Crippen LogP contribution in [0.15, 0.2) is 40.5 Å². The number of nitrogens with zero attached hydrogens (tertiary/aromatic N) is 4. The Morgan fingerprint density at radius 1 is 0.938 bits per heavy atom. The van der Waals surface area contributed by atoms with E-state index in [0.717, 1.165) is 31.2 Å². The van der Waals surface area contributed by atoms with Crippen molar-refractivity contribution < 1.29 is 21.6 Å². The zero-order chi connectivity index (χ0) is 22.9. The van der Waals surface area contributed by atoms with E-state index in [1.165, 1.54) is 25.6 Å². The lowest BCUT2D eigenvalue weighted by Gasteiger charge is -2.18. The topological polar surface area (TPSA) is 122 Å². The summed E-state index contributed by atoms with van der Waals surface area (Å²) in [6, 6.07) is 3.51. The molecule has 1 N–H and O–H groups in total. The molecule has 4 heterocycles. The summed E-state index contributed by atoms with van der Waals surface area (Å²) in [6.45, 7) is 3.06. The molecule has 4 rings (SSSR count). The van der Waals surface area contributed by atoms with E-state index in [1.54, 1.807) is 18.3 Å². The van der Waals surface area contributed by atoms with Crippen LogP contribution in [0.3, 0.4) is 0 Å². The third-order valence-electron chi connectivity index (χ3n) is 5.68. The van der Waals surface area contributed by atoms with Crippen molar-refractivity contribution in [1.29, 1.82) is 0 Å². The number of carbonyl (C=O) groups is 1. The van der Waals surface area contributed by atoms with E-state index in [9.17, 15) is 21.6 Å². The summed E-state index contributed by atoms with van der Waals surface area (Å²) in [7, 11) is -8.00. The highest BCUT2D eigenvalue weighted by Gasteiger charge is 2.38. The van der Waals surface area contributed by atoms with Gasteiger partial charge in [0.25, 0.3) is 0 Å². The lowest BCUT2D eigenvalue weighted by molar-refractivity contribution is -0.116. The number of amides is 1. The minimum atomic E-state index is -4.00. The molecular weight excluding hydrogens is 454 g/mol. The molecule has 0 aromatic carbocycles. The van der Waals surface area contributed by atoms with Crippen LogP contribution in [0.25, 0.3) is 0 Å². The predicted octanol–water partition coefficient (Wildman–Crippen LogP) is 1.40. The molecule has 2 aromatic rings. The molecule has 2 aliphatic rings. The number of carbonyl (C=O) groups excluding carboxylic acids is 1. The van der Waals surface area contributed by atoms with Crippen LogP contribution in [0, 0.1) is 6.92 Å². The summed E-state index contributed by atoms with van der Waals surface area (Å²) >= 11 is 0. The molecule has 0 bridgehead atoms. The molecule has 2 saturated heterocycles. The first-order valence-corrected chi connectivity index (χ1v) is 13.5. The van der Waals surface area contributed by atoms with Crippen LogP contribution in [-0.2, 0) is 31.4 Å². The fourth-order valence-corrected chi connectivity index (χ4v) is 7.85. The van der Waals surface area contributed by atoms with Crippen LogP contribution in [0.4, 0.5) is 5.82 Å². The van der Waals surface area contributed by atoms with E-state index in [1.807, 2.05) is 6.92 Å². The molecule has 2 fully saturated rings. The number of anilines is 1. The Morgan fingerprint density at radius 2 is 1.44 bits per heavy atom. The molecule has 0 unspecified atom stereocenters. The first kappa shape index (κ1) is 22.9. The highest BCUT2D eigenvalue weighted by molar-refractivity contribution is 7.92. The zero-order valence-corrected chi connectivity index (χ0v) is 19.5. The number of hydrogen-bond acceptors (Lipinski definition) is 6. The Kier molecular flexibility index (Phi) is 6.39. The minimum Gasteiger partial charge on any atom is -0.342 e. The van der Waals surface area contributed by atoms with Crippen LogP contribution in [0.2, 0.25) is 0 Å². The number of rotatable bonds is 7. The molecule has 174 valence electrons. The largest absolute Gasteiger partial charge is 0.342 e. The molecule has 2 aliphatic heterocycles. The molecule has 10 nitrogen and oxygen atoms in total. The maximum atomic E-state index is 13.3. The Labute approximate surface area is 188 Å². The monoisotopic (exact) mass is 481 g/mol. The lowest BCUT2D eigenvalue weighted by atomic mass is 10.3. The normalized spacial score (nSPS) is 18.3. The number of hydrogen-bond donors (Lipinski definition) is 1. The summed E-state index contributed by atoms with van der Waals surface area (Å²) in [5.41, 5.74) is 0.925. The fourth-order valence-electron chi connectivity index (χ4n) is 4.03. The summed E-state index contributed by atoms with van der Waals surface area (Å²) in [4.78, 5) is 16.1. The Morgan fingerprint density at radius 3 is 1.91 bits per heavy atom. The van der Waals surface area contributed by atoms with Gasteiger partial charge in [0.05, 0.1) is 0 Å². The van der Waals surface area contributed by atoms with E-state index in [4.69, 9.17) is 0 Å². The number of pyridine rings is 1. The van der Waals surface area contributed by atoms with E-state index >= 15 is 0 Å². The molecule has 0 aliphatic carbocycles. The van der Waals surface area contributed by atoms with Crippen LogP contribution < -0.4 is 5.32 Å². The second-order valence-electron chi connectivity index (χ2n) is 8.15. The summed E-state index contributed by atoms with van der Waals surface area (Å²) < 4.78 is 57.0. The molecule has 12 heteroatoms. The predicted molar refractivity (Wildman–Crippen MR) is 118 cm³/mol. The van der Waals surface area contributed by atoms with Crippen molar-refractivity contribution in [1.82, 2.24) is 18.2 Å². The van der Waals surface area contributed by atoms with E-state index in [-0.39, 0.29) is 16.3 Å². The second kappa shape index (κ2) is 8.93. The fraction of sp³-hybridized carbons (Fsp3) is 0.500. The van der Waals surface area contributed by atoms with Gasteiger partial charge >= 0.3 is 0 Å². The van der Waals surface area contributed by atoms with Gasteiger partial charge in [0.15, 0.2) is 0 Å². The molecule has 0 radical (unpaired) electrons. The van der Waals surface area contributed by atoms with Gasteiger partial charge in [-0.15, -0.1) is 0 Å². The third kappa shape index (κ3) is 4.58. The van der Waals surface area contributed by atoms with Gasteiger partial charge in [-0.25, -0.2) is 21.8 Å². The van der Waals surface area contributed by atoms with Crippen molar-refractivity contribution in [3.05, 3.63) is 36.3 Å². The maximum absolute atomic E-state index is 13.3. The number of nitrogens with one attached hydrogen (secondary N) is 1. The Bertz CT molecular complexity index is 1150. The van der Waals surface area contributed by atoms with E-state index in [0.29, 0.717) is 32.0 Å². The molecule has 0 spiro atoms. The molecular formula is C20H27N5O5S2. The highest BCUT2D eigenvalue weighted by atomic mass is 32.2. The first-order chi connectivity index (χ1) is 15.2. The van der Waals surface area contributed by atoms with Crippen molar-refractivity contribution in [2.75, 3.05) is 31.5 Å². The number of aryl methyl sites for hydroxylation is 1. The summed E-state index contributed by atoms with van der Waals surface area (Å²) in [5.74, 6) is -0.0645. The van der Waals surface area contributed by atoms with Crippen LogP contribution in [-0.4, -0.2) is 67.1 Å².